The van der Waals surface area contributed by atoms with Crippen LogP contribution in [0.25, 0.3) is 0 Å². The van der Waals surface area contributed by atoms with E-state index in [4.69, 9.17) is 16.9 Å². The molecule has 0 radical (unpaired) electrons. The van der Waals surface area contributed by atoms with Crippen LogP contribution in [-0.2, 0) is 19.9 Å². The van der Waals surface area contributed by atoms with Crippen molar-refractivity contribution in [2.45, 2.75) is 17.9 Å². The largest absolute Gasteiger partial charge is 0.244 e. The molecular formula is C12H13ClN2O4S2. The average Bonchev–Trinajstić information content (AvgIpc) is 2.36. The third kappa shape index (κ3) is 3.21. The molecule has 0 N–H and O–H groups in total. The molecule has 0 saturated carbocycles. The van der Waals surface area contributed by atoms with Gasteiger partial charge in [0.1, 0.15) is 4.90 Å². The molecule has 114 valence electrons. The molecule has 21 heavy (non-hydrogen) atoms. The van der Waals surface area contributed by atoms with Crippen LogP contribution in [-0.4, -0.2) is 45.2 Å². The summed E-state index contributed by atoms with van der Waals surface area (Å²) in [6.45, 7) is 1.45. The van der Waals surface area contributed by atoms with Crippen molar-refractivity contribution in [3.05, 3.63) is 28.8 Å². The molecule has 1 unspecified atom stereocenters. The highest BCUT2D eigenvalue weighted by atomic mass is 35.5. The normalized spacial score (nSPS) is 22.6. The summed E-state index contributed by atoms with van der Waals surface area (Å²) in [5, 5.41) is 8.72. The van der Waals surface area contributed by atoms with E-state index in [0.29, 0.717) is 0 Å². The quantitative estimate of drug-likeness (QED) is 0.795. The third-order valence-corrected chi connectivity index (χ3v) is 7.55. The van der Waals surface area contributed by atoms with Crippen LogP contribution in [0.3, 0.4) is 0 Å². The molecule has 1 aromatic rings. The van der Waals surface area contributed by atoms with Gasteiger partial charge in [-0.1, -0.05) is 11.6 Å². The fourth-order valence-corrected chi connectivity index (χ4v) is 6.16. The number of hydrogen-bond donors (Lipinski definition) is 0. The highest BCUT2D eigenvalue weighted by Gasteiger charge is 2.37. The summed E-state index contributed by atoms with van der Waals surface area (Å²) in [5.74, 6) is -0.412. The topological polar surface area (TPSA) is 95.3 Å². The Kier molecular flexibility index (Phi) is 4.31. The molecule has 1 heterocycles. The molecule has 1 saturated heterocycles. The van der Waals surface area contributed by atoms with E-state index < -0.39 is 25.9 Å². The molecule has 1 aliphatic rings. The second kappa shape index (κ2) is 5.57. The van der Waals surface area contributed by atoms with Crippen LogP contribution in [0, 0.1) is 11.3 Å². The van der Waals surface area contributed by atoms with Crippen molar-refractivity contribution in [3.63, 3.8) is 0 Å². The van der Waals surface area contributed by atoms with Gasteiger partial charge in [-0.3, -0.25) is 0 Å². The van der Waals surface area contributed by atoms with E-state index in [0.717, 1.165) is 4.31 Å². The van der Waals surface area contributed by atoms with Gasteiger partial charge < -0.3 is 0 Å². The minimum atomic E-state index is -3.89. The minimum absolute atomic E-state index is 0.0466. The lowest BCUT2D eigenvalue weighted by Gasteiger charge is -2.32. The second-order valence-corrected chi connectivity index (χ2v) is 9.33. The zero-order valence-electron chi connectivity index (χ0n) is 11.2. The molecule has 0 bridgehead atoms. The summed E-state index contributed by atoms with van der Waals surface area (Å²) in [5.41, 5.74) is 0.258. The Morgan fingerprint density at radius 1 is 1.43 bits per heavy atom. The van der Waals surface area contributed by atoms with Crippen molar-refractivity contribution in [2.75, 3.05) is 18.1 Å². The molecule has 1 fully saturated rings. The second-order valence-electron chi connectivity index (χ2n) is 4.84. The first-order valence-corrected chi connectivity index (χ1v) is 9.73. The Morgan fingerprint density at radius 2 is 2.10 bits per heavy atom. The lowest BCUT2D eigenvalue weighted by atomic mass is 10.2. The summed E-state index contributed by atoms with van der Waals surface area (Å²) in [6, 6.07) is 5.13. The third-order valence-electron chi connectivity index (χ3n) is 3.26. The maximum absolute atomic E-state index is 12.6. The molecule has 0 amide bonds. The van der Waals surface area contributed by atoms with Crippen LogP contribution < -0.4 is 0 Å². The first-order chi connectivity index (χ1) is 9.67. The van der Waals surface area contributed by atoms with E-state index >= 15 is 0 Å². The van der Waals surface area contributed by atoms with Gasteiger partial charge in [0.2, 0.25) is 10.0 Å². The molecular weight excluding hydrogens is 336 g/mol. The number of nitriles is 1. The fourth-order valence-electron chi connectivity index (χ4n) is 2.25. The van der Waals surface area contributed by atoms with E-state index in [1.165, 1.54) is 18.2 Å². The van der Waals surface area contributed by atoms with Crippen LogP contribution in [0.4, 0.5) is 0 Å². The predicted octanol–water partition coefficient (Wildman–Crippen LogP) is 1.02. The molecule has 2 rings (SSSR count). The summed E-state index contributed by atoms with van der Waals surface area (Å²) >= 11 is 5.94. The Bertz CT molecular complexity index is 812. The summed E-state index contributed by atoms with van der Waals surface area (Å²) in [7, 11) is -7.10. The molecule has 1 aromatic carbocycles. The van der Waals surface area contributed by atoms with Crippen molar-refractivity contribution in [1.29, 1.82) is 5.26 Å². The first kappa shape index (κ1) is 16.2. The molecule has 1 aliphatic heterocycles. The van der Waals surface area contributed by atoms with Crippen molar-refractivity contribution >= 4 is 31.5 Å². The number of sulfonamides is 1. The lowest BCUT2D eigenvalue weighted by molar-refractivity contribution is 0.357. The van der Waals surface area contributed by atoms with Gasteiger partial charge in [-0.2, -0.15) is 9.57 Å². The zero-order valence-corrected chi connectivity index (χ0v) is 13.5. The maximum Gasteiger partial charge on any atom is 0.244 e. The Labute approximate surface area is 128 Å². The number of benzene rings is 1. The molecule has 0 aromatic heterocycles. The average molecular weight is 349 g/mol. The van der Waals surface area contributed by atoms with Crippen LogP contribution >= 0.6 is 11.6 Å². The van der Waals surface area contributed by atoms with Crippen LogP contribution in [0.1, 0.15) is 12.5 Å². The Morgan fingerprint density at radius 3 is 2.62 bits per heavy atom. The lowest BCUT2D eigenvalue weighted by Crippen LogP contribution is -2.49. The number of sulfone groups is 1. The standard InChI is InChI=1S/C12H13ClN2O4S2/c1-9-8-20(16,17)5-4-15(9)21(18,19)12-3-2-10(7-14)6-11(12)13/h2-3,6,9H,4-5,8H2,1H3. The van der Waals surface area contributed by atoms with Crippen LogP contribution in [0.2, 0.25) is 5.02 Å². The smallest absolute Gasteiger partial charge is 0.229 e. The monoisotopic (exact) mass is 348 g/mol. The highest BCUT2D eigenvalue weighted by Crippen LogP contribution is 2.28. The highest BCUT2D eigenvalue weighted by molar-refractivity contribution is 7.92. The fraction of sp³-hybridized carbons (Fsp3) is 0.417. The van der Waals surface area contributed by atoms with Gasteiger partial charge in [0.25, 0.3) is 0 Å². The maximum atomic E-state index is 12.6. The molecule has 0 spiro atoms. The Hall–Kier alpha value is -1.14. The summed E-state index contributed by atoms with van der Waals surface area (Å²) in [6.07, 6.45) is 0. The number of halogens is 1. The SMILES string of the molecule is CC1CS(=O)(=O)CCN1S(=O)(=O)c1ccc(C#N)cc1Cl. The van der Waals surface area contributed by atoms with E-state index in [9.17, 15) is 16.8 Å². The van der Waals surface area contributed by atoms with Crippen LogP contribution in [0.5, 0.6) is 0 Å². The molecule has 0 aliphatic carbocycles. The van der Waals surface area contributed by atoms with E-state index in [2.05, 4.69) is 0 Å². The molecule has 1 atom stereocenters. The van der Waals surface area contributed by atoms with E-state index in [1.54, 1.807) is 6.92 Å². The first-order valence-electron chi connectivity index (χ1n) is 6.09. The van der Waals surface area contributed by atoms with Gasteiger partial charge in [-0.25, -0.2) is 16.8 Å². The van der Waals surface area contributed by atoms with Gasteiger partial charge in [0.05, 0.1) is 28.2 Å². The van der Waals surface area contributed by atoms with Gasteiger partial charge in [0, 0.05) is 12.6 Å². The minimum Gasteiger partial charge on any atom is -0.229 e. The number of nitrogens with zero attached hydrogens (tertiary/aromatic N) is 2. The Balaban J connectivity index is 2.42. The van der Waals surface area contributed by atoms with E-state index in [1.807, 2.05) is 6.07 Å². The van der Waals surface area contributed by atoms with Gasteiger partial charge in [0.15, 0.2) is 9.84 Å². The van der Waals surface area contributed by atoms with Gasteiger partial charge in [-0.05, 0) is 25.1 Å². The van der Waals surface area contributed by atoms with E-state index in [-0.39, 0.29) is 33.5 Å². The summed E-state index contributed by atoms with van der Waals surface area (Å²) < 4.78 is 49.4. The van der Waals surface area contributed by atoms with Gasteiger partial charge >= 0.3 is 0 Å². The van der Waals surface area contributed by atoms with Crippen molar-refractivity contribution < 1.29 is 16.8 Å². The van der Waals surface area contributed by atoms with Crippen molar-refractivity contribution in [2.24, 2.45) is 0 Å². The number of hydrogen-bond acceptors (Lipinski definition) is 5. The van der Waals surface area contributed by atoms with Crippen molar-refractivity contribution in [3.8, 4) is 6.07 Å². The molecule has 9 heteroatoms. The van der Waals surface area contributed by atoms with Gasteiger partial charge in [-0.15, -0.1) is 0 Å². The number of rotatable bonds is 2. The molecule has 6 nitrogen and oxygen atoms in total. The van der Waals surface area contributed by atoms with Crippen molar-refractivity contribution in [1.82, 2.24) is 4.31 Å². The summed E-state index contributed by atoms with van der Waals surface area (Å²) in [4.78, 5) is -0.116. The van der Waals surface area contributed by atoms with Crippen LogP contribution in [0.15, 0.2) is 23.1 Å². The zero-order chi connectivity index (χ0) is 15.8. The predicted molar refractivity (Wildman–Crippen MR) is 78.2 cm³/mol.